The van der Waals surface area contributed by atoms with E-state index in [1.807, 2.05) is 0 Å². The zero-order chi connectivity index (χ0) is 13.4. The van der Waals surface area contributed by atoms with Gasteiger partial charge >= 0.3 is 17.9 Å². The van der Waals surface area contributed by atoms with Crippen LogP contribution in [0.5, 0.6) is 0 Å². The summed E-state index contributed by atoms with van der Waals surface area (Å²) in [6.45, 7) is 1.64. The van der Waals surface area contributed by atoms with Gasteiger partial charge in [-0.25, -0.2) is 0 Å². The number of carboxylic acid groups (broad SMARTS) is 1. The molecule has 17 heavy (non-hydrogen) atoms. The quantitative estimate of drug-likeness (QED) is 0.397. The monoisotopic (exact) mass is 246 g/mol. The molecule has 0 amide bonds. The maximum Gasteiger partial charge on any atom is 0.317 e. The summed E-state index contributed by atoms with van der Waals surface area (Å²) in [5, 5.41) is 8.41. The first-order valence-corrected chi connectivity index (χ1v) is 5.28. The van der Waals surface area contributed by atoms with Gasteiger partial charge in [0, 0.05) is 19.0 Å². The Morgan fingerprint density at radius 1 is 1.35 bits per heavy atom. The summed E-state index contributed by atoms with van der Waals surface area (Å²) in [6, 6.07) is -0.625. The number of aliphatic carboxylic acids is 1. The van der Waals surface area contributed by atoms with Crippen LogP contribution >= 0.6 is 0 Å². The zero-order valence-corrected chi connectivity index (χ0v) is 9.72. The highest BCUT2D eigenvalue weighted by Crippen LogP contribution is 2.03. The molecule has 0 fully saturated rings. The van der Waals surface area contributed by atoms with Crippen molar-refractivity contribution in [1.82, 2.24) is 0 Å². The Hall–Kier alpha value is -1.47. The standard InChI is InChI=1S/C10H18N2O5/c1-6(5-11)10(16)17-9(15)4-7(12)2-3-8(13)14/h6-7H,2-5,11-12H2,1H3,(H,13,14). The van der Waals surface area contributed by atoms with Gasteiger partial charge in [-0.15, -0.1) is 0 Å². The first-order valence-electron chi connectivity index (χ1n) is 5.28. The van der Waals surface area contributed by atoms with Crippen LogP contribution in [0.15, 0.2) is 0 Å². The first-order chi connectivity index (χ1) is 7.86. The van der Waals surface area contributed by atoms with Crippen molar-refractivity contribution in [2.24, 2.45) is 17.4 Å². The number of carboxylic acids is 1. The van der Waals surface area contributed by atoms with Crippen molar-refractivity contribution in [2.45, 2.75) is 32.2 Å². The van der Waals surface area contributed by atoms with Crippen molar-refractivity contribution in [3.63, 3.8) is 0 Å². The predicted molar refractivity (Wildman–Crippen MR) is 58.8 cm³/mol. The first kappa shape index (κ1) is 15.5. The number of carbonyl (C=O) groups excluding carboxylic acids is 2. The third kappa shape index (κ3) is 7.42. The van der Waals surface area contributed by atoms with Crippen LogP contribution in [0.4, 0.5) is 0 Å². The van der Waals surface area contributed by atoms with Gasteiger partial charge in [-0.1, -0.05) is 6.92 Å². The molecule has 2 atom stereocenters. The molecule has 0 spiro atoms. The Kier molecular flexibility index (Phi) is 7.08. The lowest BCUT2D eigenvalue weighted by Gasteiger charge is -2.10. The lowest BCUT2D eigenvalue weighted by Crippen LogP contribution is -2.30. The van der Waals surface area contributed by atoms with Crippen molar-refractivity contribution in [2.75, 3.05) is 6.54 Å². The van der Waals surface area contributed by atoms with Gasteiger partial charge in [0.05, 0.1) is 12.3 Å². The number of rotatable bonds is 7. The fourth-order valence-electron chi connectivity index (χ4n) is 0.976. The van der Waals surface area contributed by atoms with E-state index in [1.165, 1.54) is 0 Å². The van der Waals surface area contributed by atoms with Gasteiger partial charge in [0.2, 0.25) is 0 Å². The lowest BCUT2D eigenvalue weighted by atomic mass is 10.1. The highest BCUT2D eigenvalue weighted by Gasteiger charge is 2.19. The molecule has 5 N–H and O–H groups in total. The normalized spacial score (nSPS) is 13.8. The van der Waals surface area contributed by atoms with Crippen molar-refractivity contribution < 1.29 is 24.2 Å². The molecule has 7 heteroatoms. The van der Waals surface area contributed by atoms with Gasteiger partial charge in [-0.2, -0.15) is 0 Å². The van der Waals surface area contributed by atoms with E-state index in [0.29, 0.717) is 0 Å². The molecule has 0 aromatic carbocycles. The lowest BCUT2D eigenvalue weighted by molar-refractivity contribution is -0.162. The van der Waals surface area contributed by atoms with Crippen LogP contribution in [-0.2, 0) is 19.1 Å². The number of carbonyl (C=O) groups is 3. The van der Waals surface area contributed by atoms with Crippen LogP contribution in [-0.4, -0.2) is 35.6 Å². The highest BCUT2D eigenvalue weighted by atomic mass is 16.6. The Bertz CT molecular complexity index is 292. The maximum absolute atomic E-state index is 11.2. The van der Waals surface area contributed by atoms with Crippen molar-refractivity contribution in [3.8, 4) is 0 Å². The number of ether oxygens (including phenoxy) is 1. The van der Waals surface area contributed by atoms with Gasteiger partial charge < -0.3 is 21.3 Å². The number of esters is 2. The second-order valence-corrected chi connectivity index (χ2v) is 3.83. The molecule has 0 rings (SSSR count). The highest BCUT2D eigenvalue weighted by molar-refractivity contribution is 5.86. The number of hydrogen-bond acceptors (Lipinski definition) is 6. The molecule has 0 heterocycles. The molecule has 0 radical (unpaired) electrons. The van der Waals surface area contributed by atoms with E-state index in [2.05, 4.69) is 4.74 Å². The molecule has 0 saturated heterocycles. The topological polar surface area (TPSA) is 133 Å². The predicted octanol–water partition coefficient (Wildman–Crippen LogP) is -0.767. The summed E-state index contributed by atoms with van der Waals surface area (Å²) in [4.78, 5) is 32.6. The van der Waals surface area contributed by atoms with Crippen LogP contribution in [0.3, 0.4) is 0 Å². The maximum atomic E-state index is 11.2. The molecular formula is C10H18N2O5. The molecule has 98 valence electrons. The van der Waals surface area contributed by atoms with E-state index >= 15 is 0 Å². The second-order valence-electron chi connectivity index (χ2n) is 3.83. The average Bonchev–Trinajstić information content (AvgIpc) is 2.24. The van der Waals surface area contributed by atoms with Gasteiger partial charge in [-0.3, -0.25) is 14.4 Å². The zero-order valence-electron chi connectivity index (χ0n) is 9.72. The van der Waals surface area contributed by atoms with Gasteiger partial charge in [0.1, 0.15) is 0 Å². The van der Waals surface area contributed by atoms with E-state index in [4.69, 9.17) is 16.6 Å². The van der Waals surface area contributed by atoms with E-state index in [9.17, 15) is 14.4 Å². The molecule has 0 aromatic rings. The van der Waals surface area contributed by atoms with Crippen molar-refractivity contribution in [3.05, 3.63) is 0 Å². The summed E-state index contributed by atoms with van der Waals surface area (Å²) in [5.74, 6) is -2.98. The summed E-state index contributed by atoms with van der Waals surface area (Å²) in [7, 11) is 0. The SMILES string of the molecule is CC(CN)C(=O)OC(=O)CC(N)CCC(=O)O. The van der Waals surface area contributed by atoms with Crippen LogP contribution in [0.2, 0.25) is 0 Å². The number of hydrogen-bond donors (Lipinski definition) is 3. The van der Waals surface area contributed by atoms with E-state index in [1.54, 1.807) is 6.92 Å². The fourth-order valence-corrected chi connectivity index (χ4v) is 0.976. The van der Waals surface area contributed by atoms with Crippen molar-refractivity contribution >= 4 is 17.9 Å². The second kappa shape index (κ2) is 7.75. The van der Waals surface area contributed by atoms with E-state index in [0.717, 1.165) is 0 Å². The molecule has 2 unspecified atom stereocenters. The summed E-state index contributed by atoms with van der Waals surface area (Å²) in [5.41, 5.74) is 10.7. The Balaban J connectivity index is 3.93. The average molecular weight is 246 g/mol. The third-order valence-electron chi connectivity index (χ3n) is 2.13. The largest absolute Gasteiger partial charge is 0.481 e. The van der Waals surface area contributed by atoms with Crippen LogP contribution in [0.1, 0.15) is 26.2 Å². The van der Waals surface area contributed by atoms with Gasteiger partial charge in [0.25, 0.3) is 0 Å². The summed E-state index contributed by atoms with van der Waals surface area (Å²) in [6.07, 6.45) is -0.150. The Morgan fingerprint density at radius 2 is 1.94 bits per heavy atom. The summed E-state index contributed by atoms with van der Waals surface area (Å²) >= 11 is 0. The third-order valence-corrected chi connectivity index (χ3v) is 2.13. The molecule has 0 bridgehead atoms. The Morgan fingerprint density at radius 3 is 2.41 bits per heavy atom. The minimum Gasteiger partial charge on any atom is -0.481 e. The summed E-state index contributed by atoms with van der Waals surface area (Å²) < 4.78 is 4.50. The Labute approximate surface area is 99.1 Å². The van der Waals surface area contributed by atoms with Crippen LogP contribution in [0, 0.1) is 5.92 Å². The van der Waals surface area contributed by atoms with E-state index < -0.39 is 29.9 Å². The molecular weight excluding hydrogens is 228 g/mol. The molecule has 0 aliphatic heterocycles. The molecule has 7 nitrogen and oxygen atoms in total. The smallest absolute Gasteiger partial charge is 0.317 e. The minimum atomic E-state index is -0.985. The molecule has 0 aliphatic rings. The van der Waals surface area contributed by atoms with Crippen LogP contribution < -0.4 is 11.5 Å². The fraction of sp³-hybridized carbons (Fsp3) is 0.700. The molecule has 0 aliphatic carbocycles. The molecule has 0 aromatic heterocycles. The van der Waals surface area contributed by atoms with Crippen LogP contribution in [0.25, 0.3) is 0 Å². The van der Waals surface area contributed by atoms with E-state index in [-0.39, 0.29) is 25.8 Å². The van der Waals surface area contributed by atoms with Gasteiger partial charge in [0.15, 0.2) is 0 Å². The number of nitrogens with two attached hydrogens (primary N) is 2. The van der Waals surface area contributed by atoms with Crippen molar-refractivity contribution in [1.29, 1.82) is 0 Å². The molecule has 0 saturated carbocycles. The van der Waals surface area contributed by atoms with Gasteiger partial charge in [-0.05, 0) is 6.42 Å². The minimum absolute atomic E-state index is 0.0944.